The minimum atomic E-state index is -3.52. The van der Waals surface area contributed by atoms with Crippen LogP contribution in [0, 0.1) is 6.92 Å². The summed E-state index contributed by atoms with van der Waals surface area (Å²) in [5.74, 6) is 0.932. The Morgan fingerprint density at radius 3 is 2.89 bits per heavy atom. The molecular weight excluding hydrogens is 256 g/mol. The van der Waals surface area contributed by atoms with Gasteiger partial charge in [-0.05, 0) is 12.1 Å². The minimum absolute atomic E-state index is 0.134. The highest BCUT2D eigenvalue weighted by Gasteiger charge is 2.13. The fourth-order valence-corrected chi connectivity index (χ4v) is 2.32. The summed E-state index contributed by atoms with van der Waals surface area (Å²) >= 11 is 0. The molecule has 0 unspecified atom stereocenters. The van der Waals surface area contributed by atoms with Gasteiger partial charge in [0.25, 0.3) is 0 Å². The average Bonchev–Trinajstić information content (AvgIpc) is 2.76. The third-order valence-corrected chi connectivity index (χ3v) is 3.60. The molecule has 1 N–H and O–H groups in total. The molecule has 96 valence electrons. The number of nitrogens with one attached hydrogen (secondary N) is 1. The van der Waals surface area contributed by atoms with Crippen LogP contribution in [-0.2, 0) is 16.4 Å². The second kappa shape index (κ2) is 5.23. The number of pyridine rings is 1. The second-order valence-corrected chi connectivity index (χ2v) is 5.33. The molecule has 0 atom stereocenters. The maximum atomic E-state index is 11.8. The van der Waals surface area contributed by atoms with Gasteiger partial charge >= 0.3 is 0 Å². The van der Waals surface area contributed by atoms with Crippen LogP contribution in [0.5, 0.6) is 0 Å². The molecule has 0 aliphatic rings. The molecule has 0 radical (unpaired) electrons. The van der Waals surface area contributed by atoms with Crippen LogP contribution < -0.4 is 4.72 Å². The number of aromatic nitrogens is 3. The van der Waals surface area contributed by atoms with Crippen LogP contribution in [0.2, 0.25) is 0 Å². The van der Waals surface area contributed by atoms with Crippen molar-refractivity contribution in [2.45, 2.75) is 18.2 Å². The molecule has 0 saturated carbocycles. The Morgan fingerprint density at radius 2 is 2.28 bits per heavy atom. The summed E-state index contributed by atoms with van der Waals surface area (Å²) in [4.78, 5) is 7.87. The van der Waals surface area contributed by atoms with E-state index in [0.717, 1.165) is 0 Å². The summed E-state index contributed by atoms with van der Waals surface area (Å²) < 4.78 is 30.9. The molecule has 2 aromatic heterocycles. The van der Waals surface area contributed by atoms with Crippen molar-refractivity contribution in [2.75, 3.05) is 6.54 Å². The highest BCUT2D eigenvalue weighted by molar-refractivity contribution is 7.89. The van der Waals surface area contributed by atoms with Crippen molar-refractivity contribution in [1.82, 2.24) is 19.8 Å². The first-order chi connectivity index (χ1) is 8.58. The lowest BCUT2D eigenvalue weighted by molar-refractivity contribution is 0.387. The molecule has 2 rings (SSSR count). The Labute approximate surface area is 104 Å². The zero-order valence-electron chi connectivity index (χ0n) is 9.70. The molecule has 0 saturated heterocycles. The Kier molecular flexibility index (Phi) is 3.68. The van der Waals surface area contributed by atoms with Crippen molar-refractivity contribution in [3.63, 3.8) is 0 Å². The standard InChI is InChI=1S/C10H12N4O3S/c1-8-13-10(14-17-8)4-6-12-18(15,16)9-3-2-5-11-7-9/h2-3,5,7,12H,4,6H2,1H3. The Bertz CT molecular complexity index is 609. The van der Waals surface area contributed by atoms with E-state index in [4.69, 9.17) is 4.52 Å². The van der Waals surface area contributed by atoms with Crippen LogP contribution in [0.15, 0.2) is 33.9 Å². The van der Waals surface area contributed by atoms with Crippen molar-refractivity contribution in [3.8, 4) is 0 Å². The minimum Gasteiger partial charge on any atom is -0.340 e. The molecule has 2 aromatic rings. The number of hydrogen-bond donors (Lipinski definition) is 1. The monoisotopic (exact) mass is 268 g/mol. The van der Waals surface area contributed by atoms with Crippen LogP contribution in [0.4, 0.5) is 0 Å². The fraction of sp³-hybridized carbons (Fsp3) is 0.300. The van der Waals surface area contributed by atoms with Gasteiger partial charge in [-0.15, -0.1) is 0 Å². The molecular formula is C10H12N4O3S. The molecule has 0 aromatic carbocycles. The largest absolute Gasteiger partial charge is 0.340 e. The number of hydrogen-bond acceptors (Lipinski definition) is 6. The molecule has 8 heteroatoms. The number of nitrogens with zero attached hydrogens (tertiary/aromatic N) is 3. The molecule has 18 heavy (non-hydrogen) atoms. The van der Waals surface area contributed by atoms with E-state index in [-0.39, 0.29) is 11.4 Å². The Morgan fingerprint density at radius 1 is 1.44 bits per heavy atom. The van der Waals surface area contributed by atoms with Gasteiger partial charge in [0.15, 0.2) is 5.82 Å². The third-order valence-electron chi connectivity index (χ3n) is 2.16. The van der Waals surface area contributed by atoms with Crippen molar-refractivity contribution >= 4 is 10.0 Å². The van der Waals surface area contributed by atoms with Gasteiger partial charge in [0, 0.05) is 32.3 Å². The predicted octanol–water partition coefficient (Wildman–Crippen LogP) is 0.294. The second-order valence-electron chi connectivity index (χ2n) is 3.57. The van der Waals surface area contributed by atoms with E-state index in [2.05, 4.69) is 19.8 Å². The molecule has 0 bridgehead atoms. The van der Waals surface area contributed by atoms with Crippen LogP contribution >= 0.6 is 0 Å². The van der Waals surface area contributed by atoms with Crippen molar-refractivity contribution in [3.05, 3.63) is 36.2 Å². The lowest BCUT2D eigenvalue weighted by Crippen LogP contribution is -2.26. The molecule has 7 nitrogen and oxygen atoms in total. The molecule has 0 aliphatic carbocycles. The van der Waals surface area contributed by atoms with Gasteiger partial charge in [-0.2, -0.15) is 4.98 Å². The lowest BCUT2D eigenvalue weighted by Gasteiger charge is -2.04. The van der Waals surface area contributed by atoms with Gasteiger partial charge in [0.1, 0.15) is 4.90 Å². The van der Waals surface area contributed by atoms with Crippen molar-refractivity contribution in [1.29, 1.82) is 0 Å². The van der Waals surface area contributed by atoms with E-state index in [0.29, 0.717) is 18.1 Å². The summed E-state index contributed by atoms with van der Waals surface area (Å²) in [5.41, 5.74) is 0. The molecule has 0 spiro atoms. The van der Waals surface area contributed by atoms with Crippen LogP contribution in [-0.4, -0.2) is 30.1 Å². The van der Waals surface area contributed by atoms with E-state index < -0.39 is 10.0 Å². The Hall–Kier alpha value is -1.80. The van der Waals surface area contributed by atoms with Crippen LogP contribution in [0.1, 0.15) is 11.7 Å². The smallest absolute Gasteiger partial charge is 0.242 e. The maximum absolute atomic E-state index is 11.8. The van der Waals surface area contributed by atoms with Gasteiger partial charge in [-0.25, -0.2) is 13.1 Å². The van der Waals surface area contributed by atoms with E-state index in [1.54, 1.807) is 13.0 Å². The lowest BCUT2D eigenvalue weighted by atomic mass is 10.4. The SMILES string of the molecule is Cc1nc(CCNS(=O)(=O)c2cccnc2)no1. The summed E-state index contributed by atoms with van der Waals surface area (Å²) in [6.45, 7) is 1.88. The van der Waals surface area contributed by atoms with E-state index in [1.165, 1.54) is 18.5 Å². The normalized spacial score (nSPS) is 11.6. The summed E-state index contributed by atoms with van der Waals surface area (Å²) in [6, 6.07) is 3.05. The van der Waals surface area contributed by atoms with E-state index in [1.807, 2.05) is 0 Å². The van der Waals surface area contributed by atoms with Crippen LogP contribution in [0.25, 0.3) is 0 Å². The van der Waals surface area contributed by atoms with Gasteiger partial charge in [-0.1, -0.05) is 5.16 Å². The summed E-state index contributed by atoms with van der Waals surface area (Å²) in [5, 5.41) is 3.67. The van der Waals surface area contributed by atoms with Gasteiger partial charge in [-0.3, -0.25) is 4.98 Å². The fourth-order valence-electron chi connectivity index (χ4n) is 1.33. The van der Waals surface area contributed by atoms with Crippen molar-refractivity contribution in [2.24, 2.45) is 0 Å². The predicted molar refractivity (Wildman–Crippen MR) is 62.2 cm³/mol. The topological polar surface area (TPSA) is 98.0 Å². The van der Waals surface area contributed by atoms with Gasteiger partial charge in [0.2, 0.25) is 15.9 Å². The zero-order valence-corrected chi connectivity index (χ0v) is 10.5. The van der Waals surface area contributed by atoms with E-state index >= 15 is 0 Å². The molecule has 0 amide bonds. The maximum Gasteiger partial charge on any atom is 0.242 e. The van der Waals surface area contributed by atoms with Crippen LogP contribution in [0.3, 0.4) is 0 Å². The van der Waals surface area contributed by atoms with Crippen molar-refractivity contribution < 1.29 is 12.9 Å². The summed E-state index contributed by atoms with van der Waals surface area (Å²) in [6.07, 6.45) is 3.18. The molecule has 0 fully saturated rings. The quantitative estimate of drug-likeness (QED) is 0.837. The first kappa shape index (κ1) is 12.7. The molecule has 2 heterocycles. The third kappa shape index (κ3) is 3.11. The zero-order chi connectivity index (χ0) is 13.0. The van der Waals surface area contributed by atoms with Gasteiger partial charge < -0.3 is 4.52 Å². The Balaban J connectivity index is 1.94. The average molecular weight is 268 g/mol. The van der Waals surface area contributed by atoms with E-state index in [9.17, 15) is 8.42 Å². The number of aryl methyl sites for hydroxylation is 1. The highest BCUT2D eigenvalue weighted by atomic mass is 32.2. The number of sulfonamides is 1. The highest BCUT2D eigenvalue weighted by Crippen LogP contribution is 2.05. The first-order valence-corrected chi connectivity index (χ1v) is 6.75. The number of rotatable bonds is 5. The molecule has 0 aliphatic heterocycles. The summed E-state index contributed by atoms with van der Waals surface area (Å²) in [7, 11) is -3.52. The first-order valence-electron chi connectivity index (χ1n) is 5.27. The van der Waals surface area contributed by atoms with Gasteiger partial charge in [0.05, 0.1) is 0 Å².